The molecule has 0 amide bonds. The predicted molar refractivity (Wildman–Crippen MR) is 141 cm³/mol. The second-order valence-electron chi connectivity index (χ2n) is 8.62. The van der Waals surface area contributed by atoms with Gasteiger partial charge in [-0.25, -0.2) is 4.98 Å². The largest absolute Gasteiger partial charge is 0.324 e. The first-order valence-electron chi connectivity index (χ1n) is 11.8. The Kier molecular flexibility index (Phi) is 5.36. The van der Waals surface area contributed by atoms with Gasteiger partial charge in [-0.3, -0.25) is 0 Å². The molecule has 0 unspecified atom stereocenters. The lowest BCUT2D eigenvalue weighted by molar-refractivity contribution is 0.743. The summed E-state index contributed by atoms with van der Waals surface area (Å²) in [5.74, 6) is 0.899. The smallest absolute Gasteiger partial charge is 0.136 e. The lowest BCUT2D eigenvalue weighted by Gasteiger charge is -2.35. The Morgan fingerprint density at radius 2 is 0.971 bits per heavy atom. The molecule has 0 aliphatic heterocycles. The van der Waals surface area contributed by atoms with Crippen molar-refractivity contribution in [1.82, 2.24) is 14.1 Å². The van der Waals surface area contributed by atoms with Crippen LogP contribution in [-0.4, -0.2) is 14.1 Å². The van der Waals surface area contributed by atoms with Crippen LogP contribution in [0.25, 0.3) is 11.5 Å². The number of hydrogen-bond acceptors (Lipinski definition) is 1. The molecule has 3 heterocycles. The number of hydrogen-bond donors (Lipinski definition) is 0. The summed E-state index contributed by atoms with van der Waals surface area (Å²) in [6.07, 6.45) is 10.6. The molecule has 0 fully saturated rings. The monoisotopic (exact) mass is 451 g/mol. The van der Waals surface area contributed by atoms with Gasteiger partial charge in [-0.2, -0.15) is 0 Å². The Hall–Kier alpha value is -4.63. The molecule has 0 spiro atoms. The van der Waals surface area contributed by atoms with E-state index in [1.807, 2.05) is 30.5 Å². The van der Waals surface area contributed by atoms with E-state index in [0.717, 1.165) is 11.5 Å². The average Bonchev–Trinajstić information content (AvgIpc) is 3.63. The van der Waals surface area contributed by atoms with Crippen molar-refractivity contribution in [3.05, 3.63) is 175 Å². The van der Waals surface area contributed by atoms with Crippen LogP contribution in [0.1, 0.15) is 22.3 Å². The zero-order valence-corrected chi connectivity index (χ0v) is 19.3. The fourth-order valence-electron chi connectivity index (χ4n) is 5.02. The topological polar surface area (TPSA) is 22.8 Å². The number of benzene rings is 3. The first kappa shape index (κ1) is 20.9. The zero-order chi connectivity index (χ0) is 23.5. The number of para-hydroxylation sites is 1. The van der Waals surface area contributed by atoms with Gasteiger partial charge in [-0.15, -0.1) is 0 Å². The van der Waals surface area contributed by atoms with Crippen molar-refractivity contribution >= 4 is 0 Å². The first-order valence-corrected chi connectivity index (χ1v) is 11.8. The minimum absolute atomic E-state index is 0.497. The number of pyridine rings is 1. The maximum absolute atomic E-state index is 4.57. The molecule has 3 heteroatoms. The predicted octanol–water partition coefficient (Wildman–Crippen LogP) is 7.05. The molecule has 168 valence electrons. The molecule has 0 bridgehead atoms. The van der Waals surface area contributed by atoms with E-state index in [-0.39, 0.29) is 0 Å². The summed E-state index contributed by atoms with van der Waals surface area (Å²) in [6, 6.07) is 42.5. The number of rotatable bonds is 6. The maximum atomic E-state index is 4.57. The maximum Gasteiger partial charge on any atom is 0.136 e. The SMILES string of the molecule is c1ccc(-n2ccc(C(c3ccccc3)(c3ccccc3)c3ccn(-c4ccccn4)c3)c2)cc1. The summed E-state index contributed by atoms with van der Waals surface area (Å²) in [7, 11) is 0. The van der Waals surface area contributed by atoms with E-state index in [2.05, 4.69) is 136 Å². The van der Waals surface area contributed by atoms with Crippen molar-refractivity contribution in [2.45, 2.75) is 5.41 Å². The Labute approximate surface area is 205 Å². The molecule has 6 rings (SSSR count). The van der Waals surface area contributed by atoms with Gasteiger partial charge >= 0.3 is 0 Å². The van der Waals surface area contributed by atoms with Crippen molar-refractivity contribution in [2.24, 2.45) is 0 Å². The Bertz CT molecular complexity index is 1400. The van der Waals surface area contributed by atoms with E-state index in [9.17, 15) is 0 Å². The van der Waals surface area contributed by atoms with Crippen LogP contribution in [0.2, 0.25) is 0 Å². The molecule has 3 nitrogen and oxygen atoms in total. The van der Waals surface area contributed by atoms with E-state index in [1.165, 1.54) is 22.3 Å². The quantitative estimate of drug-likeness (QED) is 0.266. The van der Waals surface area contributed by atoms with Gasteiger partial charge in [0, 0.05) is 36.7 Å². The van der Waals surface area contributed by atoms with Crippen molar-refractivity contribution in [2.75, 3.05) is 0 Å². The Morgan fingerprint density at radius 1 is 0.457 bits per heavy atom. The van der Waals surface area contributed by atoms with Crippen LogP contribution in [0.15, 0.2) is 152 Å². The van der Waals surface area contributed by atoms with Crippen LogP contribution in [-0.2, 0) is 5.41 Å². The van der Waals surface area contributed by atoms with Crippen molar-refractivity contribution in [3.8, 4) is 11.5 Å². The third kappa shape index (κ3) is 3.68. The molecule has 35 heavy (non-hydrogen) atoms. The second kappa shape index (κ2) is 8.96. The van der Waals surface area contributed by atoms with Gasteiger partial charge in [0.05, 0.1) is 5.41 Å². The van der Waals surface area contributed by atoms with E-state index in [0.29, 0.717) is 0 Å². The first-order chi connectivity index (χ1) is 17.4. The minimum atomic E-state index is -0.497. The van der Waals surface area contributed by atoms with Crippen LogP contribution >= 0.6 is 0 Å². The van der Waals surface area contributed by atoms with Gasteiger partial charge in [-0.05, 0) is 58.7 Å². The molecule has 3 aromatic heterocycles. The molecular formula is C32H25N3. The van der Waals surface area contributed by atoms with Crippen LogP contribution in [0.3, 0.4) is 0 Å². The lowest BCUT2D eigenvalue weighted by atomic mass is 9.66. The zero-order valence-electron chi connectivity index (χ0n) is 19.3. The fraction of sp³-hybridized carbons (Fsp3) is 0.0312. The van der Waals surface area contributed by atoms with Gasteiger partial charge < -0.3 is 9.13 Å². The van der Waals surface area contributed by atoms with E-state index in [4.69, 9.17) is 0 Å². The molecule has 0 saturated carbocycles. The number of aromatic nitrogens is 3. The fourth-order valence-corrected chi connectivity index (χ4v) is 5.02. The molecule has 0 aliphatic carbocycles. The van der Waals surface area contributed by atoms with Crippen LogP contribution in [0.4, 0.5) is 0 Å². The molecule has 0 aliphatic rings. The summed E-state index contributed by atoms with van der Waals surface area (Å²) in [4.78, 5) is 4.57. The second-order valence-corrected chi connectivity index (χ2v) is 8.62. The Morgan fingerprint density at radius 3 is 1.54 bits per heavy atom. The van der Waals surface area contributed by atoms with Gasteiger partial charge in [-0.1, -0.05) is 84.9 Å². The highest BCUT2D eigenvalue weighted by Gasteiger charge is 2.39. The molecule has 6 aromatic rings. The molecule has 0 saturated heterocycles. The molecule has 0 atom stereocenters. The van der Waals surface area contributed by atoms with Crippen molar-refractivity contribution in [1.29, 1.82) is 0 Å². The summed E-state index contributed by atoms with van der Waals surface area (Å²) in [6.45, 7) is 0. The highest BCUT2D eigenvalue weighted by atomic mass is 15.0. The highest BCUT2D eigenvalue weighted by molar-refractivity contribution is 5.60. The van der Waals surface area contributed by atoms with Crippen LogP contribution in [0, 0.1) is 0 Å². The van der Waals surface area contributed by atoms with Crippen LogP contribution in [0.5, 0.6) is 0 Å². The summed E-state index contributed by atoms with van der Waals surface area (Å²) < 4.78 is 4.30. The third-order valence-electron chi connectivity index (χ3n) is 6.63. The Balaban J connectivity index is 1.62. The van der Waals surface area contributed by atoms with Gasteiger partial charge in [0.15, 0.2) is 0 Å². The minimum Gasteiger partial charge on any atom is -0.324 e. The normalized spacial score (nSPS) is 11.4. The van der Waals surface area contributed by atoms with Crippen molar-refractivity contribution in [3.63, 3.8) is 0 Å². The molecule has 3 aromatic carbocycles. The standard InChI is InChI=1S/C32H25N3/c1-4-12-26(13-5-1)32(27-14-6-2-7-15-27,28-19-22-34(24-28)30-16-8-3-9-17-30)29-20-23-35(25-29)31-18-10-11-21-33-31/h1-25H. The van der Waals surface area contributed by atoms with Crippen molar-refractivity contribution < 1.29 is 0 Å². The molecule has 0 radical (unpaired) electrons. The van der Waals surface area contributed by atoms with E-state index < -0.39 is 5.41 Å². The van der Waals surface area contributed by atoms with E-state index >= 15 is 0 Å². The summed E-state index contributed by atoms with van der Waals surface area (Å²) in [5.41, 5.74) is 5.47. The number of nitrogens with zero attached hydrogens (tertiary/aromatic N) is 3. The van der Waals surface area contributed by atoms with Gasteiger partial charge in [0.2, 0.25) is 0 Å². The summed E-state index contributed by atoms with van der Waals surface area (Å²) >= 11 is 0. The summed E-state index contributed by atoms with van der Waals surface area (Å²) in [5, 5.41) is 0. The lowest BCUT2D eigenvalue weighted by Crippen LogP contribution is -2.30. The molecular weight excluding hydrogens is 426 g/mol. The highest BCUT2D eigenvalue weighted by Crippen LogP contribution is 2.45. The van der Waals surface area contributed by atoms with Gasteiger partial charge in [0.1, 0.15) is 5.82 Å². The van der Waals surface area contributed by atoms with E-state index in [1.54, 1.807) is 0 Å². The molecule has 0 N–H and O–H groups in total. The van der Waals surface area contributed by atoms with Crippen LogP contribution < -0.4 is 0 Å². The van der Waals surface area contributed by atoms with Gasteiger partial charge in [0.25, 0.3) is 0 Å². The third-order valence-corrected chi connectivity index (χ3v) is 6.63. The average molecular weight is 452 g/mol.